The first-order chi connectivity index (χ1) is 11.2. The summed E-state index contributed by atoms with van der Waals surface area (Å²) in [7, 11) is 1.32. The highest BCUT2D eigenvalue weighted by Crippen LogP contribution is 2.38. The van der Waals surface area contributed by atoms with E-state index in [1.54, 1.807) is 12.1 Å². The monoisotopic (exact) mass is 308 g/mol. The Labute approximate surface area is 131 Å². The van der Waals surface area contributed by atoms with E-state index in [1.165, 1.54) is 7.11 Å². The second-order valence-corrected chi connectivity index (χ2v) is 5.42. The van der Waals surface area contributed by atoms with Gasteiger partial charge in [-0.15, -0.1) is 0 Å². The van der Waals surface area contributed by atoms with Crippen LogP contribution in [0.25, 0.3) is 22.2 Å². The average molecular weight is 308 g/mol. The van der Waals surface area contributed by atoms with E-state index in [9.17, 15) is 9.70 Å². The van der Waals surface area contributed by atoms with E-state index in [0.29, 0.717) is 10.6 Å². The van der Waals surface area contributed by atoms with Gasteiger partial charge in [-0.2, -0.15) is 0 Å². The number of carbonyl (C=O) groups excluding carboxylic acids is 1. The molecule has 6 nitrogen and oxygen atoms in total. The zero-order chi connectivity index (χ0) is 16.0. The van der Waals surface area contributed by atoms with Crippen LogP contribution < -0.4 is 5.32 Å². The molecule has 1 amide bonds. The second-order valence-electron chi connectivity index (χ2n) is 5.42. The minimum atomic E-state index is -0.0757. The Kier molecular flexibility index (Phi) is 2.90. The molecule has 114 valence electrons. The minimum absolute atomic E-state index is 0.0757. The molecule has 0 radical (unpaired) electrons. The van der Waals surface area contributed by atoms with Crippen molar-refractivity contribution >= 4 is 28.2 Å². The molecule has 0 bridgehead atoms. The molecule has 0 saturated carbocycles. The molecule has 1 aromatic heterocycles. The van der Waals surface area contributed by atoms with Crippen LogP contribution in [0.15, 0.2) is 42.5 Å². The number of amides is 1. The Balaban J connectivity index is 2.00. The fraction of sp³-hybridized carbons (Fsp3) is 0.118. The van der Waals surface area contributed by atoms with Crippen LogP contribution in [-0.4, -0.2) is 22.9 Å². The Hall–Kier alpha value is -3.15. The number of aromatic nitrogens is 1. The molecule has 0 fully saturated rings. The molecule has 2 heterocycles. The van der Waals surface area contributed by atoms with Gasteiger partial charge < -0.3 is 10.3 Å². The molecule has 0 aliphatic carbocycles. The van der Waals surface area contributed by atoms with Crippen LogP contribution in [0, 0.1) is 4.91 Å². The first-order valence-corrected chi connectivity index (χ1v) is 7.22. The van der Waals surface area contributed by atoms with Crippen molar-refractivity contribution in [3.63, 3.8) is 0 Å². The Bertz CT molecular complexity index is 959. The van der Waals surface area contributed by atoms with E-state index in [0.717, 1.165) is 33.4 Å². The average Bonchev–Trinajstić information content (AvgIpc) is 2.85. The number of nitrogens with zero attached hydrogens (tertiary/aromatic N) is 1. The van der Waals surface area contributed by atoms with Gasteiger partial charge in [0.2, 0.25) is 5.91 Å². The van der Waals surface area contributed by atoms with Gasteiger partial charge in [0.05, 0.1) is 22.7 Å². The highest BCUT2D eigenvalue weighted by atomic mass is 16.8. The number of benzene rings is 2. The minimum Gasteiger partial charge on any atom is -0.354 e. The van der Waals surface area contributed by atoms with Crippen LogP contribution in [0.5, 0.6) is 0 Å². The third-order valence-corrected chi connectivity index (χ3v) is 4.07. The summed E-state index contributed by atoms with van der Waals surface area (Å²) in [6.07, 6.45) is 0.249. The molecule has 4 rings (SSSR count). The van der Waals surface area contributed by atoms with Gasteiger partial charge in [-0.3, -0.25) is 4.79 Å². The maximum absolute atomic E-state index is 12.2. The smallest absolute Gasteiger partial charge is 0.317 e. The molecule has 2 aromatic carbocycles. The topological polar surface area (TPSA) is 74.2 Å². The van der Waals surface area contributed by atoms with Crippen LogP contribution in [0.1, 0.15) is 5.56 Å². The van der Waals surface area contributed by atoms with Gasteiger partial charge in [-0.1, -0.05) is 18.2 Å². The van der Waals surface area contributed by atoms with Crippen LogP contribution in [0.2, 0.25) is 0 Å². The molecular formula is C17H14N3O3+. The van der Waals surface area contributed by atoms with Crippen molar-refractivity contribution in [2.45, 2.75) is 6.42 Å². The van der Waals surface area contributed by atoms with E-state index < -0.39 is 0 Å². The number of H-pyrrole nitrogens is 1. The predicted molar refractivity (Wildman–Crippen MR) is 86.4 cm³/mol. The van der Waals surface area contributed by atoms with Gasteiger partial charge in [0.25, 0.3) is 4.92 Å². The number of fused-ring (bicyclic) bond motifs is 5. The second kappa shape index (κ2) is 4.95. The number of hydrogen-bond donors (Lipinski definition) is 2. The van der Waals surface area contributed by atoms with Crippen molar-refractivity contribution < 1.29 is 14.6 Å². The number of carbonyl (C=O) groups is 1. The summed E-state index contributed by atoms with van der Waals surface area (Å²) >= 11 is 0. The van der Waals surface area contributed by atoms with Crippen LogP contribution >= 0.6 is 0 Å². The van der Waals surface area contributed by atoms with Gasteiger partial charge in [0.1, 0.15) is 0 Å². The Morgan fingerprint density at radius 3 is 2.83 bits per heavy atom. The standard InChI is InChI=1S/C17H13N3O3/c1-23-20(22)10-6-7-15-12(8-10)13-9-16(21)18-14-5-3-2-4-11(14)17(13)19-15/h2-8H,9H2,1H3,(H-,18,19,21,22)/p+1. The lowest BCUT2D eigenvalue weighted by atomic mass is 10.0. The van der Waals surface area contributed by atoms with Crippen LogP contribution in [0.3, 0.4) is 0 Å². The predicted octanol–water partition coefficient (Wildman–Crippen LogP) is 3.30. The maximum atomic E-state index is 12.2. The highest BCUT2D eigenvalue weighted by Gasteiger charge is 2.24. The first-order valence-electron chi connectivity index (χ1n) is 7.22. The van der Waals surface area contributed by atoms with Crippen molar-refractivity contribution in [3.8, 4) is 11.3 Å². The lowest BCUT2D eigenvalue weighted by Gasteiger charge is -2.05. The molecule has 1 aliphatic heterocycles. The maximum Gasteiger partial charge on any atom is 0.317 e. The third-order valence-electron chi connectivity index (χ3n) is 4.07. The zero-order valence-corrected chi connectivity index (χ0v) is 12.4. The van der Waals surface area contributed by atoms with Crippen LogP contribution in [-0.2, 0) is 16.1 Å². The van der Waals surface area contributed by atoms with Gasteiger partial charge in [-0.05, 0) is 17.7 Å². The molecule has 0 saturated heterocycles. The summed E-state index contributed by atoms with van der Waals surface area (Å²) in [5.41, 5.74) is 4.78. The van der Waals surface area contributed by atoms with E-state index in [4.69, 9.17) is 4.84 Å². The molecule has 1 aliphatic rings. The molecule has 3 aromatic rings. The van der Waals surface area contributed by atoms with E-state index in [2.05, 4.69) is 10.3 Å². The van der Waals surface area contributed by atoms with Crippen molar-refractivity contribution in [1.29, 1.82) is 0 Å². The van der Waals surface area contributed by atoms with Gasteiger partial charge in [-0.25, -0.2) is 4.84 Å². The largest absolute Gasteiger partial charge is 0.354 e. The summed E-state index contributed by atoms with van der Waals surface area (Å²) in [5.74, 6) is -0.0757. The lowest BCUT2D eigenvalue weighted by Crippen LogP contribution is -2.12. The van der Waals surface area contributed by atoms with Crippen molar-refractivity contribution in [3.05, 3.63) is 52.9 Å². The molecule has 0 spiro atoms. The first kappa shape index (κ1) is 13.5. The molecule has 0 atom stereocenters. The lowest BCUT2D eigenvalue weighted by molar-refractivity contribution is -0.736. The van der Waals surface area contributed by atoms with Gasteiger partial charge in [0, 0.05) is 28.6 Å². The summed E-state index contributed by atoms with van der Waals surface area (Å²) in [6.45, 7) is 0. The zero-order valence-electron chi connectivity index (χ0n) is 12.4. The number of nitrogens with one attached hydrogen (secondary N) is 2. The summed E-state index contributed by atoms with van der Waals surface area (Å²) in [5, 5.41) is 3.76. The third kappa shape index (κ3) is 2.07. The van der Waals surface area contributed by atoms with E-state index in [-0.39, 0.29) is 12.3 Å². The number of aromatic amines is 1. The number of hydrogen-bond acceptors (Lipinski definition) is 3. The quantitative estimate of drug-likeness (QED) is 0.713. The number of para-hydroxylation sites is 1. The molecule has 6 heteroatoms. The summed E-state index contributed by atoms with van der Waals surface area (Å²) in [4.78, 5) is 32.4. The summed E-state index contributed by atoms with van der Waals surface area (Å²) in [6, 6.07) is 12.9. The fourth-order valence-electron chi connectivity index (χ4n) is 3.03. The van der Waals surface area contributed by atoms with Crippen molar-refractivity contribution in [2.75, 3.05) is 12.4 Å². The van der Waals surface area contributed by atoms with Gasteiger partial charge in [0.15, 0.2) is 7.11 Å². The molecule has 23 heavy (non-hydrogen) atoms. The van der Waals surface area contributed by atoms with Gasteiger partial charge >= 0.3 is 5.69 Å². The van der Waals surface area contributed by atoms with Crippen molar-refractivity contribution in [1.82, 2.24) is 4.98 Å². The molecule has 0 unspecified atom stereocenters. The van der Waals surface area contributed by atoms with Crippen molar-refractivity contribution in [2.24, 2.45) is 0 Å². The SMILES string of the molecule is CO[N+](=O)c1ccc2[nH]c3c(c2c1)CC(=O)Nc1ccccc1-3. The number of anilines is 1. The fourth-order valence-corrected chi connectivity index (χ4v) is 3.03. The highest BCUT2D eigenvalue weighted by molar-refractivity contribution is 6.05. The normalized spacial score (nSPS) is 13.0. The Morgan fingerprint density at radius 1 is 1.17 bits per heavy atom. The summed E-state index contributed by atoms with van der Waals surface area (Å²) < 4.78 is 0. The molecule has 2 N–H and O–H groups in total. The Morgan fingerprint density at radius 2 is 2.00 bits per heavy atom. The van der Waals surface area contributed by atoms with E-state index in [1.807, 2.05) is 30.3 Å². The molecular weight excluding hydrogens is 294 g/mol. The van der Waals surface area contributed by atoms with E-state index >= 15 is 0 Å². The van der Waals surface area contributed by atoms with Crippen LogP contribution in [0.4, 0.5) is 11.4 Å². The number of rotatable bonds is 2.